The fourth-order valence-electron chi connectivity index (χ4n) is 2.72. The minimum absolute atomic E-state index is 0.219. The number of amides is 1. The van der Waals surface area contributed by atoms with Crippen LogP contribution in [0.2, 0.25) is 0 Å². The van der Waals surface area contributed by atoms with Gasteiger partial charge < -0.3 is 10.1 Å². The molecule has 0 aliphatic heterocycles. The Morgan fingerprint density at radius 1 is 1.29 bits per heavy atom. The van der Waals surface area contributed by atoms with Crippen LogP contribution >= 0.6 is 11.3 Å². The first-order valence-corrected chi connectivity index (χ1v) is 8.91. The monoisotopic (exact) mass is 345 g/mol. The van der Waals surface area contributed by atoms with E-state index in [4.69, 9.17) is 4.74 Å². The van der Waals surface area contributed by atoms with Gasteiger partial charge in [0, 0.05) is 17.3 Å². The summed E-state index contributed by atoms with van der Waals surface area (Å²) in [6.07, 6.45) is 9.08. The summed E-state index contributed by atoms with van der Waals surface area (Å²) >= 11 is 1.47. The highest BCUT2D eigenvalue weighted by atomic mass is 32.1. The number of aryl methyl sites for hydroxylation is 1. The Morgan fingerprint density at radius 3 is 2.88 bits per heavy atom. The predicted octanol–water partition coefficient (Wildman–Crippen LogP) is 3.24. The molecule has 0 radical (unpaired) electrons. The summed E-state index contributed by atoms with van der Waals surface area (Å²) in [5, 5.41) is 3.37. The van der Waals surface area contributed by atoms with E-state index < -0.39 is 0 Å². The van der Waals surface area contributed by atoms with Crippen molar-refractivity contribution in [2.24, 2.45) is 0 Å². The molecular formula is C17H19N3O3S. The fraction of sp³-hybridized carbons (Fsp3) is 0.412. The highest BCUT2D eigenvalue weighted by Crippen LogP contribution is 2.38. The van der Waals surface area contributed by atoms with Crippen LogP contribution < -0.4 is 5.32 Å². The van der Waals surface area contributed by atoms with Gasteiger partial charge in [-0.3, -0.25) is 9.78 Å². The largest absolute Gasteiger partial charge is 0.462 e. The molecule has 0 fully saturated rings. The molecule has 1 aliphatic carbocycles. The van der Waals surface area contributed by atoms with E-state index in [-0.39, 0.29) is 17.6 Å². The van der Waals surface area contributed by atoms with Gasteiger partial charge in [0.15, 0.2) is 0 Å². The summed E-state index contributed by atoms with van der Waals surface area (Å²) in [7, 11) is 0. The van der Waals surface area contributed by atoms with Crippen LogP contribution in [-0.4, -0.2) is 28.5 Å². The van der Waals surface area contributed by atoms with Gasteiger partial charge in [0.05, 0.1) is 18.4 Å². The molecule has 0 unspecified atom stereocenters. The molecule has 1 amide bonds. The van der Waals surface area contributed by atoms with Crippen LogP contribution in [0.25, 0.3) is 0 Å². The zero-order chi connectivity index (χ0) is 16.9. The van der Waals surface area contributed by atoms with E-state index in [2.05, 4.69) is 15.3 Å². The van der Waals surface area contributed by atoms with E-state index in [1.807, 2.05) is 6.92 Å². The summed E-state index contributed by atoms with van der Waals surface area (Å²) < 4.78 is 5.32. The maximum atomic E-state index is 12.5. The normalized spacial score (nSPS) is 13.2. The standard InChI is InChI=1S/C17H19N3O3S/c1-2-9-23-17(22)14-11-5-3-4-6-13(11)24-16(14)20-15(21)12-10-18-7-8-19-12/h7-8,10H,2-6,9H2,1H3,(H,20,21). The Morgan fingerprint density at radius 2 is 2.12 bits per heavy atom. The molecule has 0 aromatic carbocycles. The quantitative estimate of drug-likeness (QED) is 0.841. The smallest absolute Gasteiger partial charge is 0.341 e. The van der Waals surface area contributed by atoms with Crippen molar-refractivity contribution in [1.82, 2.24) is 9.97 Å². The number of aromatic nitrogens is 2. The number of fused-ring (bicyclic) bond motifs is 1. The van der Waals surface area contributed by atoms with Crippen molar-refractivity contribution in [2.45, 2.75) is 39.0 Å². The summed E-state index contributed by atoms with van der Waals surface area (Å²) in [4.78, 5) is 33.9. The lowest BCUT2D eigenvalue weighted by atomic mass is 9.95. The molecule has 1 N–H and O–H groups in total. The maximum Gasteiger partial charge on any atom is 0.341 e. The maximum absolute atomic E-state index is 12.5. The number of anilines is 1. The number of carbonyl (C=O) groups excluding carboxylic acids is 2. The Labute approximate surface area is 144 Å². The molecule has 2 aromatic rings. The van der Waals surface area contributed by atoms with Crippen molar-refractivity contribution < 1.29 is 14.3 Å². The SMILES string of the molecule is CCCOC(=O)c1c(NC(=O)c2cnccn2)sc2c1CCCC2. The molecule has 1 aliphatic rings. The van der Waals surface area contributed by atoms with Crippen LogP contribution in [0.4, 0.5) is 5.00 Å². The van der Waals surface area contributed by atoms with E-state index in [1.54, 1.807) is 0 Å². The van der Waals surface area contributed by atoms with Gasteiger partial charge in [-0.2, -0.15) is 0 Å². The van der Waals surface area contributed by atoms with Crippen molar-refractivity contribution in [3.05, 3.63) is 40.3 Å². The van der Waals surface area contributed by atoms with Gasteiger partial charge in [-0.25, -0.2) is 9.78 Å². The molecule has 3 rings (SSSR count). The van der Waals surface area contributed by atoms with Gasteiger partial charge in [0.2, 0.25) is 0 Å². The van der Waals surface area contributed by atoms with Crippen LogP contribution in [0.15, 0.2) is 18.6 Å². The number of thiophene rings is 1. The molecular weight excluding hydrogens is 326 g/mol. The first-order chi connectivity index (χ1) is 11.7. The Balaban J connectivity index is 1.90. The summed E-state index contributed by atoms with van der Waals surface area (Å²) in [6.45, 7) is 2.33. The zero-order valence-corrected chi connectivity index (χ0v) is 14.3. The molecule has 7 heteroatoms. The van der Waals surface area contributed by atoms with Gasteiger partial charge in [0.1, 0.15) is 10.7 Å². The molecule has 2 heterocycles. The van der Waals surface area contributed by atoms with Crippen LogP contribution in [0, 0.1) is 0 Å². The average molecular weight is 345 g/mol. The zero-order valence-electron chi connectivity index (χ0n) is 13.5. The molecule has 0 bridgehead atoms. The number of nitrogens with one attached hydrogen (secondary N) is 1. The van der Waals surface area contributed by atoms with E-state index in [9.17, 15) is 9.59 Å². The van der Waals surface area contributed by atoms with Crippen LogP contribution in [0.5, 0.6) is 0 Å². The van der Waals surface area contributed by atoms with Crippen molar-refractivity contribution in [2.75, 3.05) is 11.9 Å². The van der Waals surface area contributed by atoms with Crippen LogP contribution in [0.1, 0.15) is 57.5 Å². The van der Waals surface area contributed by atoms with Crippen LogP contribution in [0.3, 0.4) is 0 Å². The lowest BCUT2D eigenvalue weighted by molar-refractivity contribution is 0.0505. The highest BCUT2D eigenvalue weighted by molar-refractivity contribution is 7.17. The van der Waals surface area contributed by atoms with Gasteiger partial charge in [0.25, 0.3) is 5.91 Å². The number of nitrogens with zero attached hydrogens (tertiary/aromatic N) is 2. The van der Waals surface area contributed by atoms with Gasteiger partial charge in [-0.05, 0) is 37.7 Å². The molecule has 0 saturated carbocycles. The molecule has 2 aromatic heterocycles. The summed E-state index contributed by atoms with van der Waals surface area (Å²) in [5.41, 5.74) is 1.76. The third-order valence-corrected chi connectivity index (χ3v) is 5.04. The number of carbonyl (C=O) groups is 2. The Kier molecular flexibility index (Phi) is 5.20. The van der Waals surface area contributed by atoms with Gasteiger partial charge in [-0.1, -0.05) is 6.92 Å². The number of esters is 1. The molecule has 0 atom stereocenters. The topological polar surface area (TPSA) is 81.2 Å². The molecule has 0 saturated heterocycles. The van der Waals surface area contributed by atoms with E-state index in [0.717, 1.165) is 37.7 Å². The highest BCUT2D eigenvalue weighted by Gasteiger charge is 2.27. The van der Waals surface area contributed by atoms with E-state index >= 15 is 0 Å². The minimum atomic E-state index is -0.369. The number of rotatable bonds is 5. The van der Waals surface area contributed by atoms with Gasteiger partial charge in [-0.15, -0.1) is 11.3 Å². The lowest BCUT2D eigenvalue weighted by Crippen LogP contribution is -2.17. The minimum Gasteiger partial charge on any atom is -0.462 e. The van der Waals surface area contributed by atoms with E-state index in [0.29, 0.717) is 17.2 Å². The second kappa shape index (κ2) is 7.53. The first-order valence-electron chi connectivity index (χ1n) is 8.09. The molecule has 24 heavy (non-hydrogen) atoms. The number of hydrogen-bond donors (Lipinski definition) is 1. The fourth-order valence-corrected chi connectivity index (χ4v) is 3.99. The van der Waals surface area contributed by atoms with Crippen LogP contribution in [-0.2, 0) is 17.6 Å². The molecule has 0 spiro atoms. The summed E-state index contributed by atoms with van der Waals surface area (Å²) in [5.74, 6) is -0.725. The molecule has 6 nitrogen and oxygen atoms in total. The second-order valence-electron chi connectivity index (χ2n) is 5.60. The Bertz CT molecular complexity index is 743. The average Bonchev–Trinajstić information content (AvgIpc) is 2.98. The first kappa shape index (κ1) is 16.6. The second-order valence-corrected chi connectivity index (χ2v) is 6.70. The number of ether oxygens (including phenoxy) is 1. The van der Waals surface area contributed by atoms with Crippen molar-refractivity contribution in [3.8, 4) is 0 Å². The van der Waals surface area contributed by atoms with Crippen molar-refractivity contribution in [3.63, 3.8) is 0 Å². The number of hydrogen-bond acceptors (Lipinski definition) is 6. The third kappa shape index (κ3) is 3.46. The lowest BCUT2D eigenvalue weighted by Gasteiger charge is -2.12. The van der Waals surface area contributed by atoms with Gasteiger partial charge >= 0.3 is 5.97 Å². The summed E-state index contributed by atoms with van der Waals surface area (Å²) in [6, 6.07) is 0. The molecule has 126 valence electrons. The van der Waals surface area contributed by atoms with E-state index in [1.165, 1.54) is 34.8 Å². The third-order valence-electron chi connectivity index (χ3n) is 3.84. The van der Waals surface area contributed by atoms with Crippen molar-refractivity contribution in [1.29, 1.82) is 0 Å². The van der Waals surface area contributed by atoms with Crippen molar-refractivity contribution >= 4 is 28.2 Å². The Hall–Kier alpha value is -2.28. The predicted molar refractivity (Wildman–Crippen MR) is 91.5 cm³/mol.